The highest BCUT2D eigenvalue weighted by Gasteiger charge is 2.20. The molecule has 0 aliphatic rings. The summed E-state index contributed by atoms with van der Waals surface area (Å²) in [7, 11) is 0. The number of nitrogens with zero attached hydrogens (tertiary/aromatic N) is 2. The first kappa shape index (κ1) is 35.3. The number of hydrogen-bond acceptors (Lipinski definition) is 8. The largest absolute Gasteiger partial charge is 0.478 e. The molecule has 0 radical (unpaired) electrons. The number of hydrogen-bond donors (Lipinski definition) is 3. The number of alkyl carbamates (subject to hydrolysis) is 2. The Hall–Kier alpha value is -5.20. The second kappa shape index (κ2) is 14.3. The first-order chi connectivity index (χ1) is 21.3. The van der Waals surface area contributed by atoms with E-state index in [2.05, 4.69) is 20.6 Å². The fourth-order valence-corrected chi connectivity index (χ4v) is 4.10. The Morgan fingerprint density at radius 1 is 0.717 bits per heavy atom. The number of ketones is 1. The van der Waals surface area contributed by atoms with E-state index in [1.807, 2.05) is 0 Å². The number of halogens is 2. The number of carbonyl (C=O) groups excluding carboxylic acids is 3. The highest BCUT2D eigenvalue weighted by atomic mass is 19.1. The Morgan fingerprint density at radius 3 is 1.48 bits per heavy atom. The number of carbonyl (C=O) groups is 4. The van der Waals surface area contributed by atoms with Gasteiger partial charge in [0.2, 0.25) is 0 Å². The fourth-order valence-electron chi connectivity index (χ4n) is 4.10. The average molecular weight is 639 g/mol. The second-order valence-corrected chi connectivity index (χ2v) is 12.2. The van der Waals surface area contributed by atoms with Gasteiger partial charge in [0.1, 0.15) is 22.8 Å². The summed E-state index contributed by atoms with van der Waals surface area (Å²) in [5.74, 6) is -2.49. The third-order valence-electron chi connectivity index (χ3n) is 5.98. The van der Waals surface area contributed by atoms with Crippen molar-refractivity contribution in [3.05, 3.63) is 82.7 Å². The number of carboxylic acid groups (broad SMARTS) is 1. The van der Waals surface area contributed by atoms with Crippen LogP contribution in [-0.2, 0) is 22.6 Å². The van der Waals surface area contributed by atoms with Crippen LogP contribution in [0.1, 0.15) is 80.6 Å². The summed E-state index contributed by atoms with van der Waals surface area (Å²) in [6.45, 7) is 11.7. The SMILES string of the molecule is CC(=O)c1cc2c(F)cccc2nc1CNC(=O)OC(C)(C)C.CC(C)(C)OC(=O)NCc1nc2cccc(F)c2cc1C(=O)O. The van der Waals surface area contributed by atoms with Gasteiger partial charge in [0, 0.05) is 16.3 Å². The van der Waals surface area contributed by atoms with E-state index in [0.29, 0.717) is 16.7 Å². The number of rotatable bonds is 6. The number of carboxylic acids is 1. The van der Waals surface area contributed by atoms with Crippen molar-refractivity contribution in [2.75, 3.05) is 0 Å². The van der Waals surface area contributed by atoms with E-state index in [4.69, 9.17) is 9.47 Å². The minimum absolute atomic E-state index is 0.0241. The van der Waals surface area contributed by atoms with Crippen molar-refractivity contribution in [2.24, 2.45) is 0 Å². The third kappa shape index (κ3) is 9.91. The molecule has 46 heavy (non-hydrogen) atoms. The molecule has 244 valence electrons. The molecule has 13 heteroatoms. The Bertz CT molecular complexity index is 1670. The summed E-state index contributed by atoms with van der Waals surface area (Å²) in [6, 6.07) is 11.5. The van der Waals surface area contributed by atoms with Crippen molar-refractivity contribution in [1.82, 2.24) is 20.6 Å². The van der Waals surface area contributed by atoms with Crippen LogP contribution < -0.4 is 10.6 Å². The molecule has 2 aromatic carbocycles. The molecule has 4 aromatic rings. The molecule has 2 heterocycles. The summed E-state index contributed by atoms with van der Waals surface area (Å²) < 4.78 is 37.8. The van der Waals surface area contributed by atoms with Crippen molar-refractivity contribution in [2.45, 2.75) is 72.8 Å². The molecule has 0 spiro atoms. The second-order valence-electron chi connectivity index (χ2n) is 12.2. The lowest BCUT2D eigenvalue weighted by Crippen LogP contribution is -2.32. The molecule has 0 saturated carbocycles. The van der Waals surface area contributed by atoms with Gasteiger partial charge in [-0.05, 0) is 84.9 Å². The van der Waals surface area contributed by atoms with Gasteiger partial charge in [0.05, 0.1) is 41.1 Å². The van der Waals surface area contributed by atoms with Gasteiger partial charge in [-0.1, -0.05) is 12.1 Å². The number of fused-ring (bicyclic) bond motifs is 2. The topological polar surface area (TPSA) is 157 Å². The van der Waals surface area contributed by atoms with Crippen LogP contribution in [0.3, 0.4) is 0 Å². The Balaban J connectivity index is 0.000000250. The van der Waals surface area contributed by atoms with Crippen LogP contribution in [0.15, 0.2) is 48.5 Å². The molecular weight excluding hydrogens is 602 g/mol. The normalized spacial score (nSPS) is 11.3. The molecule has 0 atom stereocenters. The van der Waals surface area contributed by atoms with Crippen LogP contribution in [-0.4, -0.2) is 50.2 Å². The summed E-state index contributed by atoms with van der Waals surface area (Å²) in [5, 5.41) is 14.7. The van der Waals surface area contributed by atoms with Crippen LogP contribution in [0.4, 0.5) is 18.4 Å². The minimum atomic E-state index is -1.25. The standard InChI is InChI=1S/C17H19FN2O3.C16H17FN2O4/c1-10(21)11-8-12-13(18)6-5-7-14(12)20-15(11)9-19-16(22)23-17(2,3)4;1-16(2,3)23-15(22)18-8-13-10(14(20)21)7-9-11(17)5-4-6-12(9)19-13/h5-8H,9H2,1-4H3,(H,19,22);4-7H,8H2,1-3H3,(H,18,22)(H,20,21). The van der Waals surface area contributed by atoms with Crippen LogP contribution in [0, 0.1) is 11.6 Å². The number of pyridine rings is 2. The van der Waals surface area contributed by atoms with Gasteiger partial charge in [-0.3, -0.25) is 9.78 Å². The number of amides is 2. The molecule has 0 aliphatic heterocycles. The first-order valence-electron chi connectivity index (χ1n) is 14.2. The quantitative estimate of drug-likeness (QED) is 0.196. The van der Waals surface area contributed by atoms with Gasteiger partial charge < -0.3 is 25.2 Å². The highest BCUT2D eigenvalue weighted by molar-refractivity contribution is 5.99. The molecule has 0 aliphatic carbocycles. The molecule has 0 saturated heterocycles. The van der Waals surface area contributed by atoms with E-state index < -0.39 is 41.0 Å². The Morgan fingerprint density at radius 2 is 1.11 bits per heavy atom. The van der Waals surface area contributed by atoms with Gasteiger partial charge in [0.25, 0.3) is 0 Å². The van der Waals surface area contributed by atoms with Gasteiger partial charge in [-0.25, -0.2) is 28.1 Å². The fraction of sp³-hybridized carbons (Fsp3) is 0.333. The van der Waals surface area contributed by atoms with Crippen molar-refractivity contribution in [3.63, 3.8) is 0 Å². The zero-order valence-electron chi connectivity index (χ0n) is 26.6. The van der Waals surface area contributed by atoms with E-state index in [-0.39, 0.29) is 46.5 Å². The van der Waals surface area contributed by atoms with Crippen LogP contribution in [0.5, 0.6) is 0 Å². The number of aromatic carboxylic acids is 1. The maximum atomic E-state index is 13.8. The summed E-state index contributed by atoms with van der Waals surface area (Å²) in [5.41, 5.74) is 0.0693. The lowest BCUT2D eigenvalue weighted by Gasteiger charge is -2.20. The highest BCUT2D eigenvalue weighted by Crippen LogP contribution is 2.22. The lowest BCUT2D eigenvalue weighted by atomic mass is 10.1. The van der Waals surface area contributed by atoms with Crippen LogP contribution in [0.2, 0.25) is 0 Å². The van der Waals surface area contributed by atoms with E-state index in [1.54, 1.807) is 59.7 Å². The number of Topliss-reactive ketones (excluding diaryl/α,β-unsaturated/α-hetero) is 1. The zero-order chi connectivity index (χ0) is 34.4. The molecule has 3 N–H and O–H groups in total. The smallest absolute Gasteiger partial charge is 0.407 e. The number of benzene rings is 2. The maximum absolute atomic E-state index is 13.8. The number of aromatic nitrogens is 2. The summed E-state index contributed by atoms with van der Waals surface area (Å²) in [4.78, 5) is 54.9. The molecular formula is C33H36F2N4O7. The Kier molecular flexibility index (Phi) is 10.9. The van der Waals surface area contributed by atoms with Crippen LogP contribution >= 0.6 is 0 Å². The predicted molar refractivity (Wildman–Crippen MR) is 167 cm³/mol. The Labute approximate surface area is 264 Å². The van der Waals surface area contributed by atoms with Gasteiger partial charge in [0.15, 0.2) is 5.78 Å². The predicted octanol–water partition coefficient (Wildman–Crippen LogP) is 6.70. The lowest BCUT2D eigenvalue weighted by molar-refractivity contribution is 0.0511. The molecule has 2 aromatic heterocycles. The third-order valence-corrected chi connectivity index (χ3v) is 5.98. The maximum Gasteiger partial charge on any atom is 0.407 e. The molecule has 2 amide bonds. The van der Waals surface area contributed by atoms with Gasteiger partial charge in [-0.2, -0.15) is 0 Å². The molecule has 4 rings (SSSR count). The van der Waals surface area contributed by atoms with Gasteiger partial charge >= 0.3 is 18.2 Å². The molecule has 11 nitrogen and oxygen atoms in total. The van der Waals surface area contributed by atoms with E-state index in [0.717, 1.165) is 0 Å². The van der Waals surface area contributed by atoms with Crippen molar-refractivity contribution >= 4 is 45.7 Å². The van der Waals surface area contributed by atoms with E-state index in [9.17, 15) is 33.1 Å². The van der Waals surface area contributed by atoms with Crippen LogP contribution in [0.25, 0.3) is 21.8 Å². The molecule has 0 unspecified atom stereocenters. The van der Waals surface area contributed by atoms with Crippen molar-refractivity contribution < 1.29 is 42.5 Å². The first-order valence-corrected chi connectivity index (χ1v) is 14.2. The molecule has 0 fully saturated rings. The zero-order valence-corrected chi connectivity index (χ0v) is 26.6. The van der Waals surface area contributed by atoms with E-state index >= 15 is 0 Å². The molecule has 0 bridgehead atoms. The van der Waals surface area contributed by atoms with Crippen molar-refractivity contribution in [3.8, 4) is 0 Å². The summed E-state index contributed by atoms with van der Waals surface area (Å²) >= 11 is 0. The monoisotopic (exact) mass is 638 g/mol. The van der Waals surface area contributed by atoms with Crippen molar-refractivity contribution in [1.29, 1.82) is 0 Å². The average Bonchev–Trinajstić information content (AvgIpc) is 2.93. The minimum Gasteiger partial charge on any atom is -0.478 e. The number of nitrogens with one attached hydrogen (secondary N) is 2. The summed E-state index contributed by atoms with van der Waals surface area (Å²) in [6.07, 6.45) is -1.29. The van der Waals surface area contributed by atoms with Gasteiger partial charge in [-0.15, -0.1) is 0 Å². The van der Waals surface area contributed by atoms with E-state index in [1.165, 1.54) is 37.3 Å². The number of ether oxygens (including phenoxy) is 2.